The maximum absolute atomic E-state index is 13.2. The molecule has 0 saturated heterocycles. The molecule has 0 aliphatic heterocycles. The van der Waals surface area contributed by atoms with Gasteiger partial charge in [0.05, 0.1) is 33.7 Å². The van der Waals surface area contributed by atoms with Gasteiger partial charge in [0.1, 0.15) is 5.01 Å². The van der Waals surface area contributed by atoms with Crippen molar-refractivity contribution in [1.82, 2.24) is 20.4 Å². The van der Waals surface area contributed by atoms with Gasteiger partial charge in [0.2, 0.25) is 11.0 Å². The zero-order chi connectivity index (χ0) is 21.5. The van der Waals surface area contributed by atoms with Gasteiger partial charge < -0.3 is 10.6 Å². The first-order chi connectivity index (χ1) is 14.2. The van der Waals surface area contributed by atoms with Crippen molar-refractivity contribution in [3.05, 3.63) is 47.1 Å². The molecule has 154 valence electrons. The smallest absolute Gasteiger partial charge is 0.329 e. The zero-order valence-electron chi connectivity index (χ0n) is 15.1. The van der Waals surface area contributed by atoms with Crippen LogP contribution in [0.5, 0.6) is 0 Å². The maximum Gasteiger partial charge on any atom is 0.418 e. The van der Waals surface area contributed by atoms with Gasteiger partial charge in [-0.3, -0.25) is 9.89 Å². The second-order valence-corrected chi connectivity index (χ2v) is 7.59. The van der Waals surface area contributed by atoms with Crippen molar-refractivity contribution in [3.8, 4) is 10.6 Å². The first-order valence-electron chi connectivity index (χ1n) is 8.43. The van der Waals surface area contributed by atoms with Gasteiger partial charge in [-0.25, -0.2) is 0 Å². The summed E-state index contributed by atoms with van der Waals surface area (Å²) in [5.74, 6) is -0.610. The Kier molecular flexibility index (Phi) is 5.08. The van der Waals surface area contributed by atoms with E-state index in [1.54, 1.807) is 18.3 Å². The van der Waals surface area contributed by atoms with Crippen LogP contribution in [0.15, 0.2) is 36.5 Å². The molecule has 3 N–H and O–H groups in total. The highest BCUT2D eigenvalue weighted by Crippen LogP contribution is 2.39. The molecule has 7 nitrogen and oxygen atoms in total. The van der Waals surface area contributed by atoms with Crippen molar-refractivity contribution in [2.75, 3.05) is 10.6 Å². The van der Waals surface area contributed by atoms with Crippen LogP contribution in [-0.2, 0) is 11.0 Å². The van der Waals surface area contributed by atoms with Crippen LogP contribution in [0.2, 0.25) is 5.02 Å². The Morgan fingerprint density at radius 2 is 1.97 bits per heavy atom. The number of aromatic amines is 1. The molecule has 0 atom stereocenters. The maximum atomic E-state index is 13.2. The molecule has 0 spiro atoms. The number of hydrogen-bond acceptors (Lipinski definition) is 6. The van der Waals surface area contributed by atoms with Gasteiger partial charge in [-0.05, 0) is 24.3 Å². The number of alkyl halides is 3. The van der Waals surface area contributed by atoms with E-state index in [9.17, 15) is 18.0 Å². The van der Waals surface area contributed by atoms with Crippen LogP contribution in [0.25, 0.3) is 21.5 Å². The van der Waals surface area contributed by atoms with Gasteiger partial charge in [-0.2, -0.15) is 18.3 Å². The average Bonchev–Trinajstić information content (AvgIpc) is 3.32. The lowest BCUT2D eigenvalue weighted by molar-refractivity contribution is -0.136. The highest BCUT2D eigenvalue weighted by Gasteiger charge is 2.34. The molecule has 0 radical (unpaired) electrons. The van der Waals surface area contributed by atoms with Gasteiger partial charge in [0.25, 0.3) is 0 Å². The average molecular weight is 453 g/mol. The number of nitrogens with zero attached hydrogens (tertiary/aromatic N) is 3. The van der Waals surface area contributed by atoms with Crippen molar-refractivity contribution < 1.29 is 18.0 Å². The molecule has 0 aliphatic rings. The van der Waals surface area contributed by atoms with Gasteiger partial charge in [0, 0.05) is 17.9 Å². The zero-order valence-corrected chi connectivity index (χ0v) is 16.7. The van der Waals surface area contributed by atoms with E-state index in [1.807, 2.05) is 0 Å². The van der Waals surface area contributed by atoms with Crippen molar-refractivity contribution >= 4 is 56.3 Å². The van der Waals surface area contributed by atoms with Gasteiger partial charge in [-0.1, -0.05) is 29.0 Å². The van der Waals surface area contributed by atoms with Crippen molar-refractivity contribution in [2.24, 2.45) is 0 Å². The highest BCUT2D eigenvalue weighted by molar-refractivity contribution is 7.18. The second kappa shape index (κ2) is 7.58. The molecule has 2 aromatic heterocycles. The third-order valence-corrected chi connectivity index (χ3v) is 5.40. The number of amides is 1. The number of benzene rings is 2. The van der Waals surface area contributed by atoms with E-state index in [0.29, 0.717) is 26.4 Å². The van der Waals surface area contributed by atoms with Gasteiger partial charge in [0.15, 0.2) is 0 Å². The minimum Gasteiger partial charge on any atom is -0.329 e. The fourth-order valence-corrected chi connectivity index (χ4v) is 3.82. The van der Waals surface area contributed by atoms with Crippen molar-refractivity contribution in [3.63, 3.8) is 0 Å². The number of anilines is 3. The van der Waals surface area contributed by atoms with Crippen LogP contribution < -0.4 is 10.6 Å². The number of fused-ring (bicyclic) bond motifs is 1. The number of halogens is 4. The van der Waals surface area contributed by atoms with Crippen molar-refractivity contribution in [1.29, 1.82) is 0 Å². The predicted molar refractivity (Wildman–Crippen MR) is 109 cm³/mol. The summed E-state index contributed by atoms with van der Waals surface area (Å²) in [5.41, 5.74) is 0.460. The van der Waals surface area contributed by atoms with Crippen LogP contribution in [0.1, 0.15) is 12.5 Å². The Hall–Kier alpha value is -3.18. The monoisotopic (exact) mass is 452 g/mol. The highest BCUT2D eigenvalue weighted by atomic mass is 35.5. The molecule has 2 heterocycles. The topological polar surface area (TPSA) is 95.6 Å². The van der Waals surface area contributed by atoms with Crippen LogP contribution in [0.4, 0.5) is 29.7 Å². The van der Waals surface area contributed by atoms with Crippen LogP contribution >= 0.6 is 22.9 Å². The molecule has 2 aromatic carbocycles. The minimum atomic E-state index is -4.60. The molecule has 0 saturated carbocycles. The Morgan fingerprint density at radius 3 is 2.70 bits per heavy atom. The molecule has 0 aliphatic carbocycles. The molecular formula is C18H12ClF3N6OS. The summed E-state index contributed by atoms with van der Waals surface area (Å²) >= 11 is 7.50. The number of rotatable bonds is 4. The molecular weight excluding hydrogens is 441 g/mol. The fraction of sp³-hybridized carbons (Fsp3) is 0.111. The van der Waals surface area contributed by atoms with Gasteiger partial charge >= 0.3 is 6.18 Å². The largest absolute Gasteiger partial charge is 0.418 e. The lowest BCUT2D eigenvalue weighted by atomic mass is 10.1. The predicted octanol–water partition coefficient (Wildman–Crippen LogP) is 5.46. The summed E-state index contributed by atoms with van der Waals surface area (Å²) in [6.45, 7) is 1.14. The van der Waals surface area contributed by atoms with Crippen LogP contribution in [0.3, 0.4) is 0 Å². The Bertz CT molecular complexity index is 1250. The van der Waals surface area contributed by atoms with E-state index in [4.69, 9.17) is 11.6 Å². The summed E-state index contributed by atoms with van der Waals surface area (Å²) in [4.78, 5) is 11.3. The summed E-state index contributed by atoms with van der Waals surface area (Å²) in [6.07, 6.45) is -3.01. The number of carbonyl (C=O) groups is 1. The van der Waals surface area contributed by atoms with E-state index < -0.39 is 17.6 Å². The molecule has 12 heteroatoms. The molecule has 4 rings (SSSR count). The number of nitrogens with one attached hydrogen (secondary N) is 3. The Labute approximate surface area is 176 Å². The summed E-state index contributed by atoms with van der Waals surface area (Å²) < 4.78 is 39.6. The fourth-order valence-electron chi connectivity index (χ4n) is 2.80. The van der Waals surface area contributed by atoms with Gasteiger partial charge in [-0.15, -0.1) is 10.2 Å². The van der Waals surface area contributed by atoms with E-state index in [0.717, 1.165) is 35.2 Å². The SMILES string of the molecule is CC(=O)Nc1cc(-c2nnc(Nc3ccc4[nH]ncc4c3Cl)s2)ccc1C(F)(F)F. The molecule has 30 heavy (non-hydrogen) atoms. The standard InChI is InChI=1S/C18H12ClF3N6OS/c1-8(29)24-14-6-9(2-3-11(14)18(20,21)22)16-27-28-17(30-16)25-13-5-4-12-10(15(13)19)7-23-26-12/h2-7H,1H3,(H,23,26)(H,24,29)(H,25,28). The summed E-state index contributed by atoms with van der Waals surface area (Å²) in [7, 11) is 0. The number of aromatic nitrogens is 4. The summed E-state index contributed by atoms with van der Waals surface area (Å²) in [5, 5.41) is 22.0. The second-order valence-electron chi connectivity index (χ2n) is 6.24. The molecule has 0 bridgehead atoms. The van der Waals surface area contributed by atoms with Crippen LogP contribution in [-0.4, -0.2) is 26.3 Å². The normalized spacial score (nSPS) is 11.6. The first kappa shape index (κ1) is 20.1. The number of H-pyrrole nitrogens is 1. The van der Waals surface area contributed by atoms with Crippen LogP contribution in [0, 0.1) is 0 Å². The third kappa shape index (κ3) is 3.94. The molecule has 1 amide bonds. The lowest BCUT2D eigenvalue weighted by Gasteiger charge is -2.13. The lowest BCUT2D eigenvalue weighted by Crippen LogP contribution is -2.13. The summed E-state index contributed by atoms with van der Waals surface area (Å²) in [6, 6.07) is 6.95. The number of carbonyl (C=O) groups excluding carboxylic acids is 1. The third-order valence-electron chi connectivity index (χ3n) is 4.11. The Morgan fingerprint density at radius 1 is 1.17 bits per heavy atom. The Balaban J connectivity index is 1.64. The van der Waals surface area contributed by atoms with E-state index in [2.05, 4.69) is 31.0 Å². The molecule has 4 aromatic rings. The number of hydrogen-bond donors (Lipinski definition) is 3. The molecule has 0 fully saturated rings. The molecule has 0 unspecified atom stereocenters. The first-order valence-corrected chi connectivity index (χ1v) is 9.63. The van der Waals surface area contributed by atoms with E-state index in [1.165, 1.54) is 12.1 Å². The van der Waals surface area contributed by atoms with E-state index in [-0.39, 0.29) is 5.69 Å². The minimum absolute atomic E-state index is 0.342. The van der Waals surface area contributed by atoms with Crippen molar-refractivity contribution in [2.45, 2.75) is 13.1 Å². The van der Waals surface area contributed by atoms with E-state index >= 15 is 0 Å². The quantitative estimate of drug-likeness (QED) is 0.382.